The van der Waals surface area contributed by atoms with Crippen LogP contribution in [0.1, 0.15) is 31.2 Å². The zero-order valence-corrected chi connectivity index (χ0v) is 14.3. The summed E-state index contributed by atoms with van der Waals surface area (Å²) in [6.07, 6.45) is 7.26. The van der Waals surface area contributed by atoms with Gasteiger partial charge in [-0.3, -0.25) is 4.57 Å². The third-order valence-electron chi connectivity index (χ3n) is 4.63. The highest BCUT2D eigenvalue weighted by atomic mass is 16.2. The van der Waals surface area contributed by atoms with Gasteiger partial charge in [-0.05, 0) is 44.3 Å². The van der Waals surface area contributed by atoms with Gasteiger partial charge in [0.05, 0.1) is 6.54 Å². The minimum Gasteiger partial charge on any atom is -0.317 e. The number of hydrogen-bond acceptors (Lipinski definition) is 3. The van der Waals surface area contributed by atoms with Gasteiger partial charge in [-0.15, -0.1) is 0 Å². The Morgan fingerprint density at radius 3 is 2.71 bits per heavy atom. The van der Waals surface area contributed by atoms with E-state index in [1.54, 1.807) is 4.68 Å². The molecule has 1 aliphatic rings. The van der Waals surface area contributed by atoms with Gasteiger partial charge >= 0.3 is 5.69 Å². The summed E-state index contributed by atoms with van der Waals surface area (Å²) in [5.41, 5.74) is 1.13. The van der Waals surface area contributed by atoms with Crippen molar-refractivity contribution < 1.29 is 0 Å². The Kier molecular flexibility index (Phi) is 5.64. The summed E-state index contributed by atoms with van der Waals surface area (Å²) in [6, 6.07) is 10.1. The molecule has 24 heavy (non-hydrogen) atoms. The summed E-state index contributed by atoms with van der Waals surface area (Å²) in [4.78, 5) is 12.5. The Hall–Kier alpha value is -2.14. The standard InChI is InChI=1S/C19H26N4O/c1-2-22-18(15-17-10-12-20-13-11-17)21-23(19(22)24)14-6-9-16-7-4-3-5-8-16/h3-9,17,20H,2,10-15H2,1H3/b9-6+. The zero-order chi connectivity index (χ0) is 16.8. The monoisotopic (exact) mass is 326 g/mol. The maximum Gasteiger partial charge on any atom is 0.346 e. The molecule has 0 spiro atoms. The van der Waals surface area contributed by atoms with Gasteiger partial charge in [0.15, 0.2) is 0 Å². The maximum atomic E-state index is 12.5. The largest absolute Gasteiger partial charge is 0.346 e. The molecular weight excluding hydrogens is 300 g/mol. The molecule has 5 nitrogen and oxygen atoms in total. The molecule has 1 aromatic carbocycles. The normalized spacial score (nSPS) is 16.0. The number of hydrogen-bond donors (Lipinski definition) is 1. The number of rotatable bonds is 6. The van der Waals surface area contributed by atoms with Crippen molar-refractivity contribution in [3.63, 3.8) is 0 Å². The van der Waals surface area contributed by atoms with Gasteiger partial charge in [-0.2, -0.15) is 5.10 Å². The van der Waals surface area contributed by atoms with Crippen molar-refractivity contribution in [3.8, 4) is 0 Å². The molecule has 0 amide bonds. The van der Waals surface area contributed by atoms with Crippen molar-refractivity contribution in [2.45, 2.75) is 39.3 Å². The van der Waals surface area contributed by atoms with Gasteiger partial charge in [0.2, 0.25) is 0 Å². The Morgan fingerprint density at radius 1 is 1.25 bits per heavy atom. The second-order valence-corrected chi connectivity index (χ2v) is 6.34. The molecule has 0 saturated carbocycles. The summed E-state index contributed by atoms with van der Waals surface area (Å²) >= 11 is 0. The lowest BCUT2D eigenvalue weighted by molar-refractivity contribution is 0.362. The number of nitrogens with one attached hydrogen (secondary N) is 1. The lowest BCUT2D eigenvalue weighted by Crippen LogP contribution is -2.30. The fraction of sp³-hybridized carbons (Fsp3) is 0.474. The summed E-state index contributed by atoms with van der Waals surface area (Å²) in [5, 5.41) is 7.99. The predicted octanol–water partition coefficient (Wildman–Crippen LogP) is 2.32. The Morgan fingerprint density at radius 2 is 2.00 bits per heavy atom. The SMILES string of the molecule is CCn1c(CC2CCNCC2)nn(C/C=C/c2ccccc2)c1=O. The molecule has 2 aromatic rings. The summed E-state index contributed by atoms with van der Waals surface area (Å²) < 4.78 is 3.40. The van der Waals surface area contributed by atoms with Crippen LogP contribution < -0.4 is 11.0 Å². The van der Waals surface area contributed by atoms with Crippen molar-refractivity contribution in [2.24, 2.45) is 5.92 Å². The molecule has 0 unspecified atom stereocenters. The van der Waals surface area contributed by atoms with Gasteiger partial charge < -0.3 is 5.32 Å². The minimum atomic E-state index is -0.000791. The van der Waals surface area contributed by atoms with Crippen LogP contribution in [0.5, 0.6) is 0 Å². The van der Waals surface area contributed by atoms with E-state index < -0.39 is 0 Å². The van der Waals surface area contributed by atoms with Gasteiger partial charge in [0.25, 0.3) is 0 Å². The molecule has 128 valence electrons. The first kappa shape index (κ1) is 16.7. The van der Waals surface area contributed by atoms with Crippen LogP contribution in [0.15, 0.2) is 41.2 Å². The molecule has 1 fully saturated rings. The Labute approximate surface area is 143 Å². The molecule has 0 atom stereocenters. The summed E-state index contributed by atoms with van der Waals surface area (Å²) in [5.74, 6) is 1.56. The maximum absolute atomic E-state index is 12.5. The van der Waals surface area contributed by atoms with Crippen LogP contribution in [0.3, 0.4) is 0 Å². The highest BCUT2D eigenvalue weighted by molar-refractivity contribution is 5.48. The van der Waals surface area contributed by atoms with E-state index in [-0.39, 0.29) is 5.69 Å². The number of benzene rings is 1. The van der Waals surface area contributed by atoms with Gasteiger partial charge in [0.1, 0.15) is 5.82 Å². The highest BCUT2D eigenvalue weighted by Gasteiger charge is 2.18. The van der Waals surface area contributed by atoms with E-state index in [1.165, 1.54) is 12.8 Å². The number of aromatic nitrogens is 3. The predicted molar refractivity (Wildman–Crippen MR) is 96.9 cm³/mol. The van der Waals surface area contributed by atoms with Crippen molar-refractivity contribution in [1.29, 1.82) is 0 Å². The second kappa shape index (κ2) is 8.11. The van der Waals surface area contributed by atoms with Crippen LogP contribution in [0.4, 0.5) is 0 Å². The smallest absolute Gasteiger partial charge is 0.317 e. The molecule has 5 heteroatoms. The molecule has 0 bridgehead atoms. The van der Waals surface area contributed by atoms with E-state index in [0.29, 0.717) is 19.0 Å². The van der Waals surface area contributed by atoms with Crippen LogP contribution in [0, 0.1) is 5.92 Å². The number of allylic oxidation sites excluding steroid dienone is 1. The first-order valence-electron chi connectivity index (χ1n) is 8.86. The lowest BCUT2D eigenvalue weighted by Gasteiger charge is -2.21. The average Bonchev–Trinajstić information content (AvgIpc) is 2.91. The molecule has 3 rings (SSSR count). The van der Waals surface area contributed by atoms with Gasteiger partial charge in [-0.1, -0.05) is 42.5 Å². The first-order valence-corrected chi connectivity index (χ1v) is 8.86. The van der Waals surface area contributed by atoms with Gasteiger partial charge in [0, 0.05) is 13.0 Å². The summed E-state index contributed by atoms with van der Waals surface area (Å²) in [7, 11) is 0. The highest BCUT2D eigenvalue weighted by Crippen LogP contribution is 2.16. The lowest BCUT2D eigenvalue weighted by atomic mass is 9.94. The number of piperidine rings is 1. The third kappa shape index (κ3) is 4.03. The van der Waals surface area contributed by atoms with Crippen molar-refractivity contribution >= 4 is 6.08 Å². The van der Waals surface area contributed by atoms with E-state index in [9.17, 15) is 4.79 Å². The number of nitrogens with zero attached hydrogens (tertiary/aromatic N) is 3. The van der Waals surface area contributed by atoms with E-state index >= 15 is 0 Å². The Balaban J connectivity index is 1.71. The van der Waals surface area contributed by atoms with Crippen LogP contribution in [0.25, 0.3) is 6.08 Å². The molecule has 2 heterocycles. The van der Waals surface area contributed by atoms with Gasteiger partial charge in [-0.25, -0.2) is 9.48 Å². The van der Waals surface area contributed by atoms with Crippen LogP contribution in [-0.2, 0) is 19.5 Å². The van der Waals surface area contributed by atoms with Crippen LogP contribution in [-0.4, -0.2) is 27.4 Å². The van der Waals surface area contributed by atoms with E-state index in [1.807, 2.05) is 54.0 Å². The molecule has 1 N–H and O–H groups in total. The van der Waals surface area contributed by atoms with E-state index in [4.69, 9.17) is 0 Å². The van der Waals surface area contributed by atoms with E-state index in [0.717, 1.165) is 30.9 Å². The molecular formula is C19H26N4O. The molecule has 0 radical (unpaired) electrons. The van der Waals surface area contributed by atoms with E-state index in [2.05, 4.69) is 10.4 Å². The van der Waals surface area contributed by atoms with Crippen LogP contribution in [0.2, 0.25) is 0 Å². The fourth-order valence-electron chi connectivity index (χ4n) is 3.27. The molecule has 1 aromatic heterocycles. The second-order valence-electron chi connectivity index (χ2n) is 6.34. The topological polar surface area (TPSA) is 51.9 Å². The fourth-order valence-corrected chi connectivity index (χ4v) is 3.27. The van der Waals surface area contributed by atoms with Crippen LogP contribution >= 0.6 is 0 Å². The first-order chi connectivity index (χ1) is 11.8. The molecule has 1 aliphatic heterocycles. The minimum absolute atomic E-state index is 0.000791. The molecule has 0 aliphatic carbocycles. The quantitative estimate of drug-likeness (QED) is 0.886. The summed E-state index contributed by atoms with van der Waals surface area (Å²) in [6.45, 7) is 5.35. The molecule has 1 saturated heterocycles. The third-order valence-corrected chi connectivity index (χ3v) is 4.63. The van der Waals surface area contributed by atoms with Crippen molar-refractivity contribution in [1.82, 2.24) is 19.7 Å². The Bertz CT molecular complexity index is 724. The average molecular weight is 326 g/mol. The zero-order valence-electron chi connectivity index (χ0n) is 14.3. The van der Waals surface area contributed by atoms with Crippen molar-refractivity contribution in [3.05, 3.63) is 58.3 Å². The van der Waals surface area contributed by atoms with Crippen molar-refractivity contribution in [2.75, 3.05) is 13.1 Å².